The quantitative estimate of drug-likeness (QED) is 0.739. The van der Waals surface area contributed by atoms with Gasteiger partial charge >= 0.3 is 5.97 Å². The number of carbonyl (C=O) groups is 1. The zero-order valence-corrected chi connectivity index (χ0v) is 12.8. The summed E-state index contributed by atoms with van der Waals surface area (Å²) in [5, 5.41) is 12.4. The molecule has 104 valence electrons. The Morgan fingerprint density at radius 3 is 2.35 bits per heavy atom. The summed E-state index contributed by atoms with van der Waals surface area (Å²) in [5.41, 5.74) is 9.88. The van der Waals surface area contributed by atoms with Gasteiger partial charge in [0.15, 0.2) is 0 Å². The number of anilines is 3. The van der Waals surface area contributed by atoms with E-state index in [4.69, 9.17) is 5.73 Å². The number of carboxylic acid groups (broad SMARTS) is 1. The molecule has 20 heavy (non-hydrogen) atoms. The van der Waals surface area contributed by atoms with E-state index in [1.807, 2.05) is 26.0 Å². The fourth-order valence-corrected chi connectivity index (χ4v) is 2.78. The van der Waals surface area contributed by atoms with Gasteiger partial charge in [0, 0.05) is 15.8 Å². The van der Waals surface area contributed by atoms with Gasteiger partial charge in [0.25, 0.3) is 0 Å². The van der Waals surface area contributed by atoms with E-state index < -0.39 is 5.97 Å². The summed E-state index contributed by atoms with van der Waals surface area (Å²) in [4.78, 5) is 11.3. The van der Waals surface area contributed by atoms with Crippen molar-refractivity contribution in [2.45, 2.75) is 13.8 Å². The third kappa shape index (κ3) is 2.93. The molecule has 0 aliphatic heterocycles. The average molecular weight is 335 g/mol. The zero-order chi connectivity index (χ0) is 14.9. The summed E-state index contributed by atoms with van der Waals surface area (Å²) in [7, 11) is 0. The minimum absolute atomic E-state index is 0.195. The first-order valence-electron chi connectivity index (χ1n) is 6.05. The Bertz CT molecular complexity index is 661. The lowest BCUT2D eigenvalue weighted by atomic mass is 10.1. The van der Waals surface area contributed by atoms with Crippen LogP contribution in [0.4, 0.5) is 17.1 Å². The van der Waals surface area contributed by atoms with Crippen molar-refractivity contribution in [2.75, 3.05) is 11.1 Å². The van der Waals surface area contributed by atoms with Crippen molar-refractivity contribution in [1.82, 2.24) is 0 Å². The SMILES string of the molecule is Cc1cc(Br)cc(C)c1Nc1cc(N)ccc1C(=O)O. The van der Waals surface area contributed by atoms with E-state index in [2.05, 4.69) is 21.2 Å². The molecular formula is C15H15BrN2O2. The highest BCUT2D eigenvalue weighted by Crippen LogP contribution is 2.30. The second-order valence-electron chi connectivity index (χ2n) is 4.65. The largest absolute Gasteiger partial charge is 0.478 e. The van der Waals surface area contributed by atoms with E-state index in [0.29, 0.717) is 11.4 Å². The summed E-state index contributed by atoms with van der Waals surface area (Å²) >= 11 is 3.44. The number of hydrogen-bond donors (Lipinski definition) is 3. The van der Waals surface area contributed by atoms with Crippen molar-refractivity contribution in [3.8, 4) is 0 Å². The lowest BCUT2D eigenvalue weighted by Crippen LogP contribution is -2.05. The summed E-state index contributed by atoms with van der Waals surface area (Å²) in [6, 6.07) is 8.66. The third-order valence-corrected chi connectivity index (χ3v) is 3.49. The predicted octanol–water partition coefficient (Wildman–Crippen LogP) is 4.09. The highest BCUT2D eigenvalue weighted by atomic mass is 79.9. The molecule has 0 heterocycles. The van der Waals surface area contributed by atoms with Crippen molar-refractivity contribution >= 4 is 39.0 Å². The first-order valence-corrected chi connectivity index (χ1v) is 6.84. The number of halogens is 1. The van der Waals surface area contributed by atoms with Crippen LogP contribution in [0.2, 0.25) is 0 Å². The summed E-state index contributed by atoms with van der Waals surface area (Å²) in [5.74, 6) is -0.986. The van der Waals surface area contributed by atoms with Gasteiger partial charge in [-0.2, -0.15) is 0 Å². The number of aryl methyl sites for hydroxylation is 2. The molecule has 0 radical (unpaired) electrons. The van der Waals surface area contributed by atoms with Crippen LogP contribution in [0, 0.1) is 13.8 Å². The molecule has 0 bridgehead atoms. The lowest BCUT2D eigenvalue weighted by Gasteiger charge is -2.15. The predicted molar refractivity (Wildman–Crippen MR) is 84.7 cm³/mol. The molecular weight excluding hydrogens is 320 g/mol. The number of nitrogens with one attached hydrogen (secondary N) is 1. The standard InChI is InChI=1S/C15H15BrN2O2/c1-8-5-10(16)6-9(2)14(8)18-13-7-11(17)3-4-12(13)15(19)20/h3-7,18H,17H2,1-2H3,(H,19,20). The molecule has 2 rings (SSSR count). The Hall–Kier alpha value is -2.01. The molecule has 0 saturated heterocycles. The van der Waals surface area contributed by atoms with Gasteiger partial charge < -0.3 is 16.2 Å². The maximum absolute atomic E-state index is 11.3. The van der Waals surface area contributed by atoms with Crippen molar-refractivity contribution in [3.63, 3.8) is 0 Å². The van der Waals surface area contributed by atoms with Gasteiger partial charge in [-0.3, -0.25) is 0 Å². The van der Waals surface area contributed by atoms with Crippen LogP contribution in [0.3, 0.4) is 0 Å². The van der Waals surface area contributed by atoms with Crippen LogP contribution < -0.4 is 11.1 Å². The van der Waals surface area contributed by atoms with E-state index in [1.54, 1.807) is 12.1 Å². The molecule has 0 atom stereocenters. The fourth-order valence-electron chi connectivity index (χ4n) is 2.09. The zero-order valence-electron chi connectivity index (χ0n) is 11.2. The smallest absolute Gasteiger partial charge is 0.337 e. The van der Waals surface area contributed by atoms with Gasteiger partial charge in [-0.25, -0.2) is 4.79 Å². The number of hydrogen-bond acceptors (Lipinski definition) is 3. The number of nitrogen functional groups attached to an aromatic ring is 1. The first-order chi connectivity index (χ1) is 9.38. The summed E-state index contributed by atoms with van der Waals surface area (Å²) in [6.45, 7) is 3.93. The van der Waals surface area contributed by atoms with Crippen LogP contribution in [-0.2, 0) is 0 Å². The molecule has 0 aliphatic carbocycles. The Kier molecular flexibility index (Phi) is 3.99. The van der Waals surface area contributed by atoms with Crippen molar-refractivity contribution in [2.24, 2.45) is 0 Å². The first kappa shape index (κ1) is 14.4. The Morgan fingerprint density at radius 2 is 1.80 bits per heavy atom. The summed E-state index contributed by atoms with van der Waals surface area (Å²) in [6.07, 6.45) is 0. The normalized spacial score (nSPS) is 10.3. The van der Waals surface area contributed by atoms with Crippen molar-refractivity contribution in [1.29, 1.82) is 0 Å². The summed E-state index contributed by atoms with van der Waals surface area (Å²) < 4.78 is 0.990. The van der Waals surface area contributed by atoms with Crippen LogP contribution in [0.15, 0.2) is 34.8 Å². The molecule has 0 saturated carbocycles. The minimum atomic E-state index is -0.986. The number of rotatable bonds is 3. The number of nitrogens with two attached hydrogens (primary N) is 1. The van der Waals surface area contributed by atoms with Gasteiger partial charge in [-0.05, 0) is 55.3 Å². The van der Waals surface area contributed by atoms with Gasteiger partial charge in [0.1, 0.15) is 0 Å². The number of aromatic carboxylic acids is 1. The van der Waals surface area contributed by atoms with E-state index in [1.165, 1.54) is 6.07 Å². The van der Waals surface area contributed by atoms with Crippen molar-refractivity contribution < 1.29 is 9.90 Å². The number of carboxylic acids is 1. The van der Waals surface area contributed by atoms with Crippen LogP contribution in [-0.4, -0.2) is 11.1 Å². The maximum Gasteiger partial charge on any atom is 0.337 e. The van der Waals surface area contributed by atoms with Crippen LogP contribution in [0.1, 0.15) is 21.5 Å². The second-order valence-corrected chi connectivity index (χ2v) is 5.57. The lowest BCUT2D eigenvalue weighted by molar-refractivity contribution is 0.0698. The molecule has 0 aliphatic rings. The second kappa shape index (κ2) is 5.54. The van der Waals surface area contributed by atoms with Crippen LogP contribution in [0.5, 0.6) is 0 Å². The van der Waals surface area contributed by atoms with Crippen LogP contribution >= 0.6 is 15.9 Å². The monoisotopic (exact) mass is 334 g/mol. The van der Waals surface area contributed by atoms with E-state index >= 15 is 0 Å². The maximum atomic E-state index is 11.3. The van der Waals surface area contributed by atoms with Gasteiger partial charge in [0.2, 0.25) is 0 Å². The molecule has 4 nitrogen and oxygen atoms in total. The average Bonchev–Trinajstić information content (AvgIpc) is 2.33. The van der Waals surface area contributed by atoms with E-state index in [0.717, 1.165) is 21.3 Å². The third-order valence-electron chi connectivity index (χ3n) is 3.03. The molecule has 2 aromatic rings. The van der Waals surface area contributed by atoms with E-state index in [-0.39, 0.29) is 5.56 Å². The van der Waals surface area contributed by atoms with Gasteiger partial charge in [-0.1, -0.05) is 15.9 Å². The molecule has 0 aromatic heterocycles. The van der Waals surface area contributed by atoms with Crippen molar-refractivity contribution in [3.05, 3.63) is 51.5 Å². The Morgan fingerprint density at radius 1 is 1.20 bits per heavy atom. The minimum Gasteiger partial charge on any atom is -0.478 e. The molecule has 2 aromatic carbocycles. The highest BCUT2D eigenvalue weighted by molar-refractivity contribution is 9.10. The fraction of sp³-hybridized carbons (Fsp3) is 0.133. The topological polar surface area (TPSA) is 75.3 Å². The van der Waals surface area contributed by atoms with E-state index in [9.17, 15) is 9.90 Å². The number of benzene rings is 2. The molecule has 0 unspecified atom stereocenters. The molecule has 0 fully saturated rings. The van der Waals surface area contributed by atoms with Crippen LogP contribution in [0.25, 0.3) is 0 Å². The molecule has 4 N–H and O–H groups in total. The van der Waals surface area contributed by atoms with Gasteiger partial charge in [0.05, 0.1) is 11.3 Å². The Balaban J connectivity index is 2.50. The Labute approximate surface area is 125 Å². The highest BCUT2D eigenvalue weighted by Gasteiger charge is 2.12. The molecule has 5 heteroatoms. The molecule has 0 amide bonds. The molecule has 0 spiro atoms. The van der Waals surface area contributed by atoms with Gasteiger partial charge in [-0.15, -0.1) is 0 Å².